The van der Waals surface area contributed by atoms with Crippen molar-refractivity contribution in [2.75, 3.05) is 0 Å². The molecular weight excluding hydrogens is 301 g/mol. The van der Waals surface area contributed by atoms with Gasteiger partial charge in [-0.25, -0.2) is 0 Å². The molecule has 0 spiro atoms. The number of rotatable bonds is 2. The largest absolute Gasteiger partial charge is 0.507 e. The second-order valence-electron chi connectivity index (χ2n) is 5.03. The van der Waals surface area contributed by atoms with Crippen molar-refractivity contribution < 1.29 is 5.11 Å². The smallest absolute Gasteiger partial charge is 0.133 e. The van der Waals surface area contributed by atoms with Crippen molar-refractivity contribution in [1.29, 1.82) is 0 Å². The molecule has 0 saturated carbocycles. The Morgan fingerprint density at radius 2 is 1.93 bits per heavy atom. The van der Waals surface area contributed by atoms with Gasteiger partial charge in [-0.15, -0.1) is 0 Å². The number of phenols is 1. The van der Waals surface area contributed by atoms with E-state index in [2.05, 4.69) is 43.4 Å². The molecule has 1 aromatic rings. The first-order valence-corrected chi connectivity index (χ1v) is 6.11. The number of hydrogen-bond donors (Lipinski definition) is 2. The molecule has 0 aliphatic carbocycles. The van der Waals surface area contributed by atoms with E-state index in [1.807, 2.05) is 12.1 Å². The van der Waals surface area contributed by atoms with E-state index in [1.165, 1.54) is 5.56 Å². The molecule has 1 rings (SSSR count). The lowest BCUT2D eigenvalue weighted by atomic mass is 9.87. The average molecular weight is 319 g/mol. The number of phenolic OH excluding ortho intramolecular Hbond substituents is 1. The molecule has 0 aliphatic heterocycles. The first-order chi connectivity index (χ1) is 6.83. The monoisotopic (exact) mass is 319 g/mol. The quantitative estimate of drug-likeness (QED) is 0.823. The summed E-state index contributed by atoms with van der Waals surface area (Å²) in [6.45, 7) is 7.00. The summed E-state index contributed by atoms with van der Waals surface area (Å²) in [5, 5.41) is 9.73. The second-order valence-corrected chi connectivity index (χ2v) is 6.19. The standard InChI is InChI=1S/C12H18INO/c1-12(2,3)6-8-4-9(7-14)11(15)10(13)5-8/h4-5,15H,6-7,14H2,1-3H3. The molecule has 84 valence electrons. The summed E-state index contributed by atoms with van der Waals surface area (Å²) in [7, 11) is 0. The number of benzene rings is 1. The van der Waals surface area contributed by atoms with Gasteiger partial charge in [0, 0.05) is 12.1 Å². The highest BCUT2D eigenvalue weighted by Crippen LogP contribution is 2.29. The number of hydrogen-bond acceptors (Lipinski definition) is 2. The third kappa shape index (κ3) is 3.65. The predicted molar refractivity (Wildman–Crippen MR) is 71.9 cm³/mol. The molecule has 0 heterocycles. The highest BCUT2D eigenvalue weighted by atomic mass is 127. The van der Waals surface area contributed by atoms with Crippen molar-refractivity contribution in [3.8, 4) is 5.75 Å². The number of nitrogens with two attached hydrogens (primary N) is 1. The zero-order valence-corrected chi connectivity index (χ0v) is 11.6. The summed E-state index contributed by atoms with van der Waals surface area (Å²) < 4.78 is 0.884. The van der Waals surface area contributed by atoms with Crippen LogP contribution in [0.2, 0.25) is 0 Å². The zero-order chi connectivity index (χ0) is 11.6. The molecule has 0 saturated heterocycles. The van der Waals surface area contributed by atoms with Crippen LogP contribution in [0.15, 0.2) is 12.1 Å². The van der Waals surface area contributed by atoms with E-state index in [9.17, 15) is 5.11 Å². The van der Waals surface area contributed by atoms with Crippen LogP contribution in [0.4, 0.5) is 0 Å². The van der Waals surface area contributed by atoms with Gasteiger partial charge in [0.25, 0.3) is 0 Å². The van der Waals surface area contributed by atoms with E-state index in [-0.39, 0.29) is 5.41 Å². The maximum Gasteiger partial charge on any atom is 0.133 e. The van der Waals surface area contributed by atoms with Crippen LogP contribution in [0.3, 0.4) is 0 Å². The Balaban J connectivity index is 3.06. The van der Waals surface area contributed by atoms with E-state index in [0.29, 0.717) is 12.3 Å². The average Bonchev–Trinajstić information content (AvgIpc) is 2.08. The molecule has 3 N–H and O–H groups in total. The molecule has 0 amide bonds. The van der Waals surface area contributed by atoms with Crippen LogP contribution < -0.4 is 5.73 Å². The minimum absolute atomic E-state index is 0.256. The van der Waals surface area contributed by atoms with Crippen LogP contribution >= 0.6 is 22.6 Å². The van der Waals surface area contributed by atoms with Gasteiger partial charge in [0.05, 0.1) is 3.57 Å². The molecule has 0 unspecified atom stereocenters. The molecule has 0 fully saturated rings. The number of aromatic hydroxyl groups is 1. The van der Waals surface area contributed by atoms with Gasteiger partial charge in [0.15, 0.2) is 0 Å². The van der Waals surface area contributed by atoms with Crippen molar-refractivity contribution in [3.05, 3.63) is 26.8 Å². The fraction of sp³-hybridized carbons (Fsp3) is 0.500. The minimum atomic E-state index is 0.256. The van der Waals surface area contributed by atoms with Crippen molar-refractivity contribution in [1.82, 2.24) is 0 Å². The van der Waals surface area contributed by atoms with Gasteiger partial charge in [-0.1, -0.05) is 26.8 Å². The third-order valence-electron chi connectivity index (χ3n) is 2.16. The van der Waals surface area contributed by atoms with Gasteiger partial charge >= 0.3 is 0 Å². The van der Waals surface area contributed by atoms with E-state index >= 15 is 0 Å². The fourth-order valence-electron chi connectivity index (χ4n) is 1.59. The first kappa shape index (κ1) is 12.8. The maximum atomic E-state index is 9.73. The Morgan fingerprint density at radius 1 is 1.33 bits per heavy atom. The molecular formula is C12H18INO. The SMILES string of the molecule is CC(C)(C)Cc1cc(I)c(O)c(CN)c1. The lowest BCUT2D eigenvalue weighted by molar-refractivity contribution is 0.410. The number of halogens is 1. The Kier molecular flexibility index (Phi) is 4.00. The zero-order valence-electron chi connectivity index (χ0n) is 9.47. The van der Waals surface area contributed by atoms with Crippen molar-refractivity contribution >= 4 is 22.6 Å². The van der Waals surface area contributed by atoms with Gasteiger partial charge in [-0.05, 0) is 46.1 Å². The van der Waals surface area contributed by atoms with Crippen LogP contribution in [0, 0.1) is 8.99 Å². The summed E-state index contributed by atoms with van der Waals surface area (Å²) in [6.07, 6.45) is 0.996. The fourth-order valence-corrected chi connectivity index (χ4v) is 2.33. The predicted octanol–water partition coefficient (Wildman–Crippen LogP) is 3.04. The Hall–Kier alpha value is -0.290. The summed E-state index contributed by atoms with van der Waals surface area (Å²) in [5.74, 6) is 0.329. The molecule has 0 aliphatic rings. The minimum Gasteiger partial charge on any atom is -0.507 e. The lowest BCUT2D eigenvalue weighted by Gasteiger charge is -2.19. The highest BCUT2D eigenvalue weighted by Gasteiger charge is 2.14. The molecule has 0 aromatic heterocycles. The van der Waals surface area contributed by atoms with E-state index < -0.39 is 0 Å². The second kappa shape index (κ2) is 4.70. The Labute approximate surface area is 105 Å². The van der Waals surface area contributed by atoms with Gasteiger partial charge in [-0.2, -0.15) is 0 Å². The summed E-state index contributed by atoms with van der Waals surface area (Å²) in [4.78, 5) is 0. The van der Waals surface area contributed by atoms with Crippen molar-refractivity contribution in [3.63, 3.8) is 0 Å². The van der Waals surface area contributed by atoms with E-state index in [0.717, 1.165) is 15.6 Å². The van der Waals surface area contributed by atoms with Crippen LogP contribution in [-0.4, -0.2) is 5.11 Å². The highest BCUT2D eigenvalue weighted by molar-refractivity contribution is 14.1. The molecule has 3 heteroatoms. The van der Waals surface area contributed by atoms with Gasteiger partial charge < -0.3 is 10.8 Å². The Morgan fingerprint density at radius 3 is 2.40 bits per heavy atom. The van der Waals surface area contributed by atoms with Crippen LogP contribution in [0.25, 0.3) is 0 Å². The summed E-state index contributed by atoms with van der Waals surface area (Å²) >= 11 is 2.14. The molecule has 2 nitrogen and oxygen atoms in total. The molecule has 0 atom stereocenters. The molecule has 1 aromatic carbocycles. The van der Waals surface area contributed by atoms with Gasteiger partial charge in [0.2, 0.25) is 0 Å². The van der Waals surface area contributed by atoms with Crippen molar-refractivity contribution in [2.24, 2.45) is 11.1 Å². The summed E-state index contributed by atoms with van der Waals surface area (Å²) in [5.41, 5.74) is 7.92. The van der Waals surface area contributed by atoms with Crippen LogP contribution in [0.1, 0.15) is 31.9 Å². The van der Waals surface area contributed by atoms with Crippen LogP contribution in [-0.2, 0) is 13.0 Å². The topological polar surface area (TPSA) is 46.2 Å². The van der Waals surface area contributed by atoms with Crippen LogP contribution in [0.5, 0.6) is 5.75 Å². The lowest BCUT2D eigenvalue weighted by Crippen LogP contribution is -2.10. The van der Waals surface area contributed by atoms with E-state index in [1.54, 1.807) is 0 Å². The maximum absolute atomic E-state index is 9.73. The van der Waals surface area contributed by atoms with Crippen molar-refractivity contribution in [2.45, 2.75) is 33.7 Å². The third-order valence-corrected chi connectivity index (χ3v) is 2.98. The first-order valence-electron chi connectivity index (χ1n) is 5.04. The van der Waals surface area contributed by atoms with E-state index in [4.69, 9.17) is 5.73 Å². The van der Waals surface area contributed by atoms with Gasteiger partial charge in [0.1, 0.15) is 5.75 Å². The summed E-state index contributed by atoms with van der Waals surface area (Å²) in [6, 6.07) is 4.03. The molecule has 0 bridgehead atoms. The Bertz CT molecular complexity index is 355. The van der Waals surface area contributed by atoms with Gasteiger partial charge in [-0.3, -0.25) is 0 Å². The normalized spacial score (nSPS) is 11.8. The molecule has 15 heavy (non-hydrogen) atoms. The molecule has 0 radical (unpaired) electrons.